The molecule has 1 rings (SSSR count). The third kappa shape index (κ3) is 3.43. The highest BCUT2D eigenvalue weighted by atomic mass is 16.4. The topological polar surface area (TPSA) is 92.4 Å². The molecule has 3 atom stereocenters. The van der Waals surface area contributed by atoms with Crippen LogP contribution in [0.1, 0.15) is 46.0 Å². The van der Waals surface area contributed by atoms with Crippen molar-refractivity contribution >= 4 is 11.9 Å². The van der Waals surface area contributed by atoms with Crippen LogP contribution in [0.2, 0.25) is 0 Å². The second-order valence-electron chi connectivity index (χ2n) is 5.15. The Hall–Kier alpha value is -1.10. The van der Waals surface area contributed by atoms with Gasteiger partial charge >= 0.3 is 5.97 Å². The number of carboxylic acids is 1. The fourth-order valence-corrected chi connectivity index (χ4v) is 2.35. The average molecular weight is 242 g/mol. The van der Waals surface area contributed by atoms with Crippen molar-refractivity contribution in [3.05, 3.63) is 0 Å². The number of nitrogens with one attached hydrogen (secondary N) is 1. The molecule has 0 aromatic carbocycles. The highest BCUT2D eigenvalue weighted by Gasteiger charge is 2.37. The molecule has 0 aromatic rings. The van der Waals surface area contributed by atoms with Crippen LogP contribution in [0.5, 0.6) is 0 Å². The Morgan fingerprint density at radius 2 is 2.12 bits per heavy atom. The van der Waals surface area contributed by atoms with E-state index in [1.165, 1.54) is 0 Å². The van der Waals surface area contributed by atoms with Crippen molar-refractivity contribution in [2.45, 2.75) is 57.5 Å². The van der Waals surface area contributed by atoms with Crippen LogP contribution in [0, 0.1) is 5.92 Å². The summed E-state index contributed by atoms with van der Waals surface area (Å²) in [6.45, 7) is 3.46. The number of hydrogen-bond acceptors (Lipinski definition) is 3. The number of carbonyl (C=O) groups is 2. The molecule has 0 aromatic heterocycles. The van der Waals surface area contributed by atoms with Crippen molar-refractivity contribution in [2.75, 3.05) is 0 Å². The number of nitrogens with two attached hydrogens (primary N) is 1. The number of amides is 1. The van der Waals surface area contributed by atoms with Gasteiger partial charge in [-0.05, 0) is 32.6 Å². The van der Waals surface area contributed by atoms with E-state index in [9.17, 15) is 9.59 Å². The third-order valence-corrected chi connectivity index (χ3v) is 3.47. The molecular weight excluding hydrogens is 220 g/mol. The summed E-state index contributed by atoms with van der Waals surface area (Å²) in [5.41, 5.74) is 4.59. The van der Waals surface area contributed by atoms with Crippen molar-refractivity contribution < 1.29 is 14.7 Å². The van der Waals surface area contributed by atoms with Gasteiger partial charge in [0.05, 0.1) is 0 Å². The Labute approximate surface area is 102 Å². The Balaban J connectivity index is 2.61. The zero-order valence-electron chi connectivity index (χ0n) is 10.5. The molecule has 1 amide bonds. The van der Waals surface area contributed by atoms with Gasteiger partial charge in [0.15, 0.2) is 0 Å². The van der Waals surface area contributed by atoms with Crippen molar-refractivity contribution in [3.8, 4) is 0 Å². The molecule has 0 radical (unpaired) electrons. The van der Waals surface area contributed by atoms with Crippen LogP contribution < -0.4 is 11.1 Å². The molecule has 0 saturated heterocycles. The van der Waals surface area contributed by atoms with Gasteiger partial charge in [0.25, 0.3) is 0 Å². The summed E-state index contributed by atoms with van der Waals surface area (Å²) in [5, 5.41) is 11.8. The molecule has 0 aliphatic heterocycles. The van der Waals surface area contributed by atoms with Gasteiger partial charge < -0.3 is 16.2 Å². The van der Waals surface area contributed by atoms with Crippen molar-refractivity contribution in [1.82, 2.24) is 5.32 Å². The summed E-state index contributed by atoms with van der Waals surface area (Å²) in [7, 11) is 0. The number of aliphatic carboxylic acids is 1. The van der Waals surface area contributed by atoms with Crippen LogP contribution in [0.3, 0.4) is 0 Å². The van der Waals surface area contributed by atoms with Crippen molar-refractivity contribution in [1.29, 1.82) is 0 Å². The first kappa shape index (κ1) is 14.0. The van der Waals surface area contributed by atoms with E-state index in [0.29, 0.717) is 19.3 Å². The number of carboxylic acid groups (broad SMARTS) is 1. The Morgan fingerprint density at radius 1 is 1.47 bits per heavy atom. The van der Waals surface area contributed by atoms with Gasteiger partial charge in [-0.25, -0.2) is 4.79 Å². The Kier molecular flexibility index (Phi) is 4.51. The lowest BCUT2D eigenvalue weighted by atomic mass is 9.94. The fraction of sp³-hybridized carbons (Fsp3) is 0.833. The zero-order chi connectivity index (χ0) is 13.1. The molecule has 5 nitrogen and oxygen atoms in total. The molecule has 17 heavy (non-hydrogen) atoms. The molecule has 1 aliphatic rings. The van der Waals surface area contributed by atoms with Gasteiger partial charge in [-0.2, -0.15) is 0 Å². The van der Waals surface area contributed by atoms with Crippen molar-refractivity contribution in [3.63, 3.8) is 0 Å². The molecule has 0 spiro atoms. The van der Waals surface area contributed by atoms with Gasteiger partial charge in [0.1, 0.15) is 5.54 Å². The molecule has 0 heterocycles. The van der Waals surface area contributed by atoms with E-state index in [2.05, 4.69) is 5.32 Å². The predicted molar refractivity (Wildman–Crippen MR) is 64.4 cm³/mol. The maximum absolute atomic E-state index is 12.0. The van der Waals surface area contributed by atoms with E-state index in [4.69, 9.17) is 10.8 Å². The summed E-state index contributed by atoms with van der Waals surface area (Å²) >= 11 is 0. The van der Waals surface area contributed by atoms with Crippen LogP contribution in [0.25, 0.3) is 0 Å². The predicted octanol–water partition coefficient (Wildman–Crippen LogP) is 0.873. The molecule has 4 N–H and O–H groups in total. The highest BCUT2D eigenvalue weighted by Crippen LogP contribution is 2.25. The lowest BCUT2D eigenvalue weighted by Gasteiger charge is -2.27. The van der Waals surface area contributed by atoms with Gasteiger partial charge in [-0.3, -0.25) is 4.79 Å². The largest absolute Gasteiger partial charge is 0.480 e. The molecule has 1 aliphatic carbocycles. The summed E-state index contributed by atoms with van der Waals surface area (Å²) in [4.78, 5) is 23.1. The van der Waals surface area contributed by atoms with E-state index in [0.717, 1.165) is 12.8 Å². The summed E-state index contributed by atoms with van der Waals surface area (Å²) in [6.07, 6.45) is 3.41. The third-order valence-electron chi connectivity index (χ3n) is 3.47. The number of rotatable bonds is 5. The monoisotopic (exact) mass is 242 g/mol. The molecule has 3 unspecified atom stereocenters. The molecule has 0 bridgehead atoms. The van der Waals surface area contributed by atoms with E-state index in [-0.39, 0.29) is 17.9 Å². The van der Waals surface area contributed by atoms with E-state index < -0.39 is 11.5 Å². The van der Waals surface area contributed by atoms with Gasteiger partial charge in [0.2, 0.25) is 5.91 Å². The lowest BCUT2D eigenvalue weighted by Crippen LogP contribution is -2.53. The van der Waals surface area contributed by atoms with Gasteiger partial charge in [-0.15, -0.1) is 0 Å². The maximum Gasteiger partial charge on any atom is 0.329 e. The molecule has 98 valence electrons. The van der Waals surface area contributed by atoms with Gasteiger partial charge in [-0.1, -0.05) is 13.3 Å². The van der Waals surface area contributed by atoms with Crippen LogP contribution in [-0.4, -0.2) is 28.6 Å². The van der Waals surface area contributed by atoms with E-state index >= 15 is 0 Å². The average Bonchev–Trinajstić information content (AvgIpc) is 2.65. The molecule has 1 saturated carbocycles. The quantitative estimate of drug-likeness (QED) is 0.667. The van der Waals surface area contributed by atoms with Crippen molar-refractivity contribution in [2.24, 2.45) is 11.7 Å². The molecular formula is C12H22N2O3. The normalized spacial score (nSPS) is 27.5. The Bertz CT molecular complexity index is 306. The van der Waals surface area contributed by atoms with Gasteiger partial charge in [0, 0.05) is 12.0 Å². The first-order valence-corrected chi connectivity index (χ1v) is 6.20. The summed E-state index contributed by atoms with van der Waals surface area (Å²) in [5.74, 6) is -1.27. The summed E-state index contributed by atoms with van der Waals surface area (Å²) < 4.78 is 0. The highest BCUT2D eigenvalue weighted by molar-refractivity contribution is 5.87. The second-order valence-corrected chi connectivity index (χ2v) is 5.15. The van der Waals surface area contributed by atoms with E-state index in [1.807, 2.05) is 6.92 Å². The maximum atomic E-state index is 12.0. The minimum atomic E-state index is -1.15. The molecule has 5 heteroatoms. The first-order chi connectivity index (χ1) is 7.89. The standard InChI is InChI=1S/C12H22N2O3/c1-3-6-12(2,11(16)17)14-10(15)8-4-5-9(13)7-8/h8-9H,3-7,13H2,1-2H3,(H,14,15)(H,16,17). The minimum Gasteiger partial charge on any atom is -0.480 e. The van der Waals surface area contributed by atoms with Crippen LogP contribution >= 0.6 is 0 Å². The summed E-state index contributed by atoms with van der Waals surface area (Å²) in [6, 6.07) is 0.0769. The van der Waals surface area contributed by atoms with E-state index in [1.54, 1.807) is 6.92 Å². The fourth-order valence-electron chi connectivity index (χ4n) is 2.35. The number of carbonyl (C=O) groups excluding carboxylic acids is 1. The lowest BCUT2D eigenvalue weighted by molar-refractivity contribution is -0.147. The smallest absolute Gasteiger partial charge is 0.329 e. The second kappa shape index (κ2) is 5.49. The van der Waals surface area contributed by atoms with Crippen LogP contribution in [0.4, 0.5) is 0 Å². The minimum absolute atomic E-state index is 0.0769. The SMILES string of the molecule is CCCC(C)(NC(=O)C1CCC(N)C1)C(=O)O. The van der Waals surface area contributed by atoms with Crippen LogP contribution in [-0.2, 0) is 9.59 Å². The Morgan fingerprint density at radius 3 is 2.53 bits per heavy atom. The first-order valence-electron chi connectivity index (χ1n) is 6.20. The molecule has 1 fully saturated rings. The number of hydrogen-bond donors (Lipinski definition) is 3. The van der Waals surface area contributed by atoms with Crippen LogP contribution in [0.15, 0.2) is 0 Å². The zero-order valence-corrected chi connectivity index (χ0v) is 10.5.